The summed E-state index contributed by atoms with van der Waals surface area (Å²) in [6, 6.07) is 9.85. The number of hydrogen-bond donors (Lipinski definition) is 1. The number of nitrogens with two attached hydrogens (primary N) is 1. The predicted octanol–water partition coefficient (Wildman–Crippen LogP) is 4.21. The summed E-state index contributed by atoms with van der Waals surface area (Å²) in [7, 11) is 0. The summed E-state index contributed by atoms with van der Waals surface area (Å²) in [5.41, 5.74) is 8.41. The van der Waals surface area contributed by atoms with E-state index >= 15 is 0 Å². The van der Waals surface area contributed by atoms with Gasteiger partial charge in [-0.25, -0.2) is 4.98 Å². The van der Waals surface area contributed by atoms with Crippen molar-refractivity contribution in [2.45, 2.75) is 25.2 Å². The second-order valence-corrected chi connectivity index (χ2v) is 8.06. The summed E-state index contributed by atoms with van der Waals surface area (Å²) in [6.45, 7) is 0. The van der Waals surface area contributed by atoms with Gasteiger partial charge < -0.3 is 5.73 Å². The molecule has 2 aromatic heterocycles. The first-order valence-corrected chi connectivity index (χ1v) is 9.90. The lowest BCUT2D eigenvalue weighted by atomic mass is 9.78. The Morgan fingerprint density at radius 2 is 2.19 bits per heavy atom. The molecule has 4 rings (SSSR count). The number of hydrogen-bond acceptors (Lipinski definition) is 6. The molecule has 0 spiro atoms. The molecule has 0 amide bonds. The van der Waals surface area contributed by atoms with Crippen molar-refractivity contribution < 1.29 is 4.79 Å². The molecule has 0 saturated carbocycles. The molecule has 0 aromatic carbocycles. The molecule has 0 fully saturated rings. The fourth-order valence-corrected chi connectivity index (χ4v) is 4.67. The summed E-state index contributed by atoms with van der Waals surface area (Å²) in [5.74, 6) is 0.681. The Morgan fingerprint density at radius 3 is 2.85 bits per heavy atom. The van der Waals surface area contributed by atoms with Crippen LogP contribution < -0.4 is 10.6 Å². The van der Waals surface area contributed by atoms with Gasteiger partial charge in [0, 0.05) is 33.2 Å². The van der Waals surface area contributed by atoms with Crippen LogP contribution in [-0.4, -0.2) is 10.8 Å². The fourth-order valence-electron chi connectivity index (χ4n) is 3.59. The van der Waals surface area contributed by atoms with Crippen molar-refractivity contribution in [1.29, 1.82) is 5.26 Å². The lowest BCUT2D eigenvalue weighted by Crippen LogP contribution is -2.38. The maximum atomic E-state index is 12.9. The number of pyridine rings is 1. The second kappa shape index (κ2) is 6.71. The molecule has 0 radical (unpaired) electrons. The first kappa shape index (κ1) is 17.0. The Kier molecular flexibility index (Phi) is 4.39. The molecular formula is C19H15BrN4OS. The number of Topliss-reactive ketones (excluding diaryl/α,β-unsaturated/α-hetero) is 1. The van der Waals surface area contributed by atoms with E-state index in [9.17, 15) is 10.1 Å². The topological polar surface area (TPSA) is 83.0 Å². The van der Waals surface area contributed by atoms with Gasteiger partial charge in [0.15, 0.2) is 5.78 Å². The first-order valence-electron chi connectivity index (χ1n) is 8.23. The molecule has 130 valence electrons. The molecule has 0 bridgehead atoms. The largest absolute Gasteiger partial charge is 0.384 e. The van der Waals surface area contributed by atoms with Crippen LogP contribution in [0.2, 0.25) is 0 Å². The van der Waals surface area contributed by atoms with Gasteiger partial charge in [-0.3, -0.25) is 9.69 Å². The number of anilines is 1. The van der Waals surface area contributed by atoms with E-state index in [4.69, 9.17) is 5.73 Å². The Bertz CT molecular complexity index is 970. The second-order valence-electron chi connectivity index (χ2n) is 6.17. The number of ketones is 1. The predicted molar refractivity (Wildman–Crippen MR) is 104 cm³/mol. The third kappa shape index (κ3) is 2.66. The van der Waals surface area contributed by atoms with E-state index in [1.807, 2.05) is 29.6 Å². The van der Waals surface area contributed by atoms with Crippen LogP contribution >= 0.6 is 27.3 Å². The number of rotatable bonds is 2. The smallest absolute Gasteiger partial charge is 0.161 e. The summed E-state index contributed by atoms with van der Waals surface area (Å²) in [5, 5.41) is 11.8. The molecule has 26 heavy (non-hydrogen) atoms. The first-order chi connectivity index (χ1) is 12.6. The quantitative estimate of drug-likeness (QED) is 0.777. The van der Waals surface area contributed by atoms with E-state index in [1.165, 1.54) is 11.3 Å². The van der Waals surface area contributed by atoms with E-state index in [2.05, 4.69) is 27.0 Å². The third-order valence-corrected chi connectivity index (χ3v) is 6.09. The van der Waals surface area contributed by atoms with Crippen molar-refractivity contribution in [2.75, 3.05) is 4.90 Å². The monoisotopic (exact) mass is 426 g/mol. The van der Waals surface area contributed by atoms with Crippen LogP contribution in [0.1, 0.15) is 30.1 Å². The number of nitrogens with zero attached hydrogens (tertiary/aromatic N) is 3. The van der Waals surface area contributed by atoms with Gasteiger partial charge in [-0.05, 0) is 52.4 Å². The van der Waals surface area contributed by atoms with E-state index in [0.717, 1.165) is 27.9 Å². The molecule has 1 atom stereocenters. The Morgan fingerprint density at radius 1 is 1.35 bits per heavy atom. The van der Waals surface area contributed by atoms with E-state index in [1.54, 1.807) is 11.1 Å². The Hall–Kier alpha value is -2.43. The highest BCUT2D eigenvalue weighted by molar-refractivity contribution is 9.10. The van der Waals surface area contributed by atoms with Crippen LogP contribution in [-0.2, 0) is 4.79 Å². The minimum absolute atomic E-state index is 0.0898. The summed E-state index contributed by atoms with van der Waals surface area (Å²) in [4.78, 5) is 20.0. The van der Waals surface area contributed by atoms with Crippen LogP contribution in [0.4, 0.5) is 5.82 Å². The van der Waals surface area contributed by atoms with Gasteiger partial charge in [-0.1, -0.05) is 6.07 Å². The van der Waals surface area contributed by atoms with Gasteiger partial charge in [0.2, 0.25) is 0 Å². The van der Waals surface area contributed by atoms with Crippen molar-refractivity contribution in [2.24, 2.45) is 5.73 Å². The van der Waals surface area contributed by atoms with Gasteiger partial charge in [-0.15, -0.1) is 11.3 Å². The van der Waals surface area contributed by atoms with Crippen molar-refractivity contribution in [3.63, 3.8) is 0 Å². The molecule has 2 aromatic rings. The van der Waals surface area contributed by atoms with Crippen LogP contribution in [0.25, 0.3) is 0 Å². The number of aromatic nitrogens is 1. The molecular weight excluding hydrogens is 412 g/mol. The molecule has 0 saturated heterocycles. The van der Waals surface area contributed by atoms with Gasteiger partial charge in [0.1, 0.15) is 11.6 Å². The molecule has 7 heteroatoms. The van der Waals surface area contributed by atoms with Crippen molar-refractivity contribution >= 4 is 38.9 Å². The maximum absolute atomic E-state index is 12.9. The summed E-state index contributed by atoms with van der Waals surface area (Å²) >= 11 is 4.92. The van der Waals surface area contributed by atoms with Gasteiger partial charge in [0.05, 0.1) is 17.6 Å². The van der Waals surface area contributed by atoms with E-state index in [-0.39, 0.29) is 11.7 Å². The zero-order chi connectivity index (χ0) is 18.3. The highest BCUT2D eigenvalue weighted by Crippen LogP contribution is 2.46. The average Bonchev–Trinajstić information content (AvgIpc) is 3.16. The van der Waals surface area contributed by atoms with Crippen molar-refractivity contribution in [3.8, 4) is 6.07 Å². The molecule has 2 aliphatic rings. The normalized spacial score (nSPS) is 20.2. The molecule has 2 N–H and O–H groups in total. The number of halogens is 1. The fraction of sp³-hybridized carbons (Fsp3) is 0.211. The maximum Gasteiger partial charge on any atom is 0.161 e. The van der Waals surface area contributed by atoms with E-state index in [0.29, 0.717) is 29.2 Å². The van der Waals surface area contributed by atoms with E-state index < -0.39 is 0 Å². The lowest BCUT2D eigenvalue weighted by molar-refractivity contribution is -0.116. The molecule has 3 heterocycles. The van der Waals surface area contributed by atoms with Crippen molar-refractivity contribution in [1.82, 2.24) is 4.98 Å². The Labute approximate surface area is 163 Å². The number of nitriles is 1. The Balaban J connectivity index is 1.96. The summed E-state index contributed by atoms with van der Waals surface area (Å²) < 4.78 is 0.853. The van der Waals surface area contributed by atoms with Crippen LogP contribution in [0.15, 0.2) is 63.0 Å². The zero-order valence-electron chi connectivity index (χ0n) is 13.8. The minimum Gasteiger partial charge on any atom is -0.384 e. The number of thiophene rings is 1. The molecule has 1 aliphatic heterocycles. The highest BCUT2D eigenvalue weighted by atomic mass is 79.9. The summed E-state index contributed by atoms with van der Waals surface area (Å²) in [6.07, 6.45) is 3.70. The average molecular weight is 427 g/mol. The molecule has 0 unspecified atom stereocenters. The minimum atomic E-state index is -0.380. The molecule has 1 aliphatic carbocycles. The standard InChI is InChI=1S/C19H15BrN4OS/c20-11-6-7-16(23-10-11)24-13-3-1-4-14(25)18(13)17(12(9-21)19(24)22)15-5-2-8-26-15/h2,5-8,10,17H,1,3-4,22H2/t17-/m1/s1. The third-order valence-electron chi connectivity index (χ3n) is 4.68. The van der Waals surface area contributed by atoms with Crippen LogP contribution in [0.3, 0.4) is 0 Å². The van der Waals surface area contributed by atoms with Gasteiger partial charge in [0.25, 0.3) is 0 Å². The number of allylic oxidation sites excluding steroid dienone is 3. The van der Waals surface area contributed by atoms with Gasteiger partial charge >= 0.3 is 0 Å². The van der Waals surface area contributed by atoms with Gasteiger partial charge in [-0.2, -0.15) is 5.26 Å². The SMILES string of the molecule is N#CC1=C(N)N(c2ccc(Br)cn2)C2=C(C(=O)CCC2)[C@H]1c1cccs1. The van der Waals surface area contributed by atoms with Crippen LogP contribution in [0.5, 0.6) is 0 Å². The highest BCUT2D eigenvalue weighted by Gasteiger charge is 2.40. The lowest BCUT2D eigenvalue weighted by Gasteiger charge is -2.38. The van der Waals surface area contributed by atoms with Crippen LogP contribution in [0, 0.1) is 11.3 Å². The molecule has 5 nitrogen and oxygen atoms in total. The van der Waals surface area contributed by atoms with Crippen molar-refractivity contribution in [3.05, 3.63) is 67.9 Å². The number of carbonyl (C=O) groups is 1. The number of carbonyl (C=O) groups excluding carboxylic acids is 1. The zero-order valence-corrected chi connectivity index (χ0v) is 16.2.